The van der Waals surface area contributed by atoms with Gasteiger partial charge in [-0.05, 0) is 6.92 Å². The van der Waals surface area contributed by atoms with Crippen LogP contribution in [0.1, 0.15) is 6.92 Å². The van der Waals surface area contributed by atoms with E-state index >= 15 is 0 Å². The van der Waals surface area contributed by atoms with Crippen molar-refractivity contribution in [2.75, 3.05) is 20.3 Å². The lowest BCUT2D eigenvalue weighted by Gasteiger charge is -2.19. The Bertz CT molecular complexity index is 208. The number of ether oxygens (including phenoxy) is 1. The summed E-state index contributed by atoms with van der Waals surface area (Å²) in [6.07, 6.45) is 0.713. The van der Waals surface area contributed by atoms with Crippen LogP contribution in [0.5, 0.6) is 0 Å². The molecule has 0 saturated carbocycles. The van der Waals surface area contributed by atoms with Crippen LogP contribution in [0.4, 0.5) is 0 Å². The molecule has 0 amide bonds. The van der Waals surface area contributed by atoms with Gasteiger partial charge in [0.15, 0.2) is 0 Å². The summed E-state index contributed by atoms with van der Waals surface area (Å²) >= 11 is 4.31. The molecule has 0 radical (unpaired) electrons. The van der Waals surface area contributed by atoms with Gasteiger partial charge in [0, 0.05) is 18.9 Å². The lowest BCUT2D eigenvalue weighted by Crippen LogP contribution is -2.29. The largest absolute Gasteiger partial charge is 0.384 e. The first-order valence-electron chi connectivity index (χ1n) is 3.26. The zero-order valence-electron chi connectivity index (χ0n) is 6.98. The van der Waals surface area contributed by atoms with E-state index in [0.29, 0.717) is 6.29 Å². The van der Waals surface area contributed by atoms with E-state index in [9.17, 15) is 9.36 Å². The average Bonchev–Trinajstić information content (AvgIpc) is 2.02. The Hall–Kier alpha value is -0.0900. The fraction of sp³-hybridized carbons (Fsp3) is 0.833. The molecule has 0 aromatic heterocycles. The molecule has 0 saturated heterocycles. The molecule has 1 unspecified atom stereocenters. The third-order valence-electron chi connectivity index (χ3n) is 1.26. The molecule has 0 N–H and O–H groups in total. The number of rotatable bonds is 6. The Morgan fingerprint density at radius 2 is 2.17 bits per heavy atom. The van der Waals surface area contributed by atoms with Crippen molar-refractivity contribution in [2.45, 2.75) is 6.92 Å². The van der Waals surface area contributed by atoms with Crippen LogP contribution in [-0.2, 0) is 30.4 Å². The van der Waals surface area contributed by atoms with Crippen LogP contribution in [0.3, 0.4) is 0 Å². The molecule has 70 valence electrons. The summed E-state index contributed by atoms with van der Waals surface area (Å²) in [5, 5.41) is 0. The number of hydrogen-bond acceptors (Lipinski definition) is 5. The Labute approximate surface area is 76.8 Å². The molecule has 2 atom stereocenters. The third kappa shape index (κ3) is 4.72. The lowest BCUT2D eigenvalue weighted by molar-refractivity contribution is -0.119. The minimum Gasteiger partial charge on any atom is -0.384 e. The molecule has 4 nitrogen and oxygen atoms in total. The standard InChI is InChI=1S/C6H11O4PS/c1-6(3-7,4-9-2)5-10-11(8)12/h3H,4-5H2,1-2H3/t6-/m1/s1. The minimum absolute atomic E-state index is 0.0308. The molecule has 0 aromatic carbocycles. The highest BCUT2D eigenvalue weighted by molar-refractivity contribution is 7.97. The van der Waals surface area contributed by atoms with Crippen LogP contribution in [0, 0.1) is 5.41 Å². The van der Waals surface area contributed by atoms with Crippen LogP contribution >= 0.6 is 6.80 Å². The van der Waals surface area contributed by atoms with Gasteiger partial charge in [-0.25, -0.2) is 4.57 Å². The molecular weight excluding hydrogens is 199 g/mol. The Morgan fingerprint density at radius 1 is 1.58 bits per heavy atom. The van der Waals surface area contributed by atoms with E-state index in [4.69, 9.17) is 4.74 Å². The van der Waals surface area contributed by atoms with Crippen LogP contribution in [0.15, 0.2) is 0 Å². The molecule has 0 aromatic rings. The highest BCUT2D eigenvalue weighted by atomic mass is 32.4. The predicted molar refractivity (Wildman–Crippen MR) is 47.0 cm³/mol. The summed E-state index contributed by atoms with van der Waals surface area (Å²) in [7, 11) is 1.48. The van der Waals surface area contributed by atoms with Crippen LogP contribution in [-0.4, -0.2) is 26.6 Å². The molecule has 0 aliphatic rings. The highest BCUT2D eigenvalue weighted by Crippen LogP contribution is 2.18. The van der Waals surface area contributed by atoms with Crippen molar-refractivity contribution in [3.63, 3.8) is 0 Å². The summed E-state index contributed by atoms with van der Waals surface area (Å²) in [6, 6.07) is 0. The highest BCUT2D eigenvalue weighted by Gasteiger charge is 2.24. The molecule has 0 spiro atoms. The number of aldehydes is 1. The van der Waals surface area contributed by atoms with Crippen molar-refractivity contribution in [3.8, 4) is 0 Å². The quantitative estimate of drug-likeness (QED) is 0.484. The van der Waals surface area contributed by atoms with E-state index in [0.717, 1.165) is 0 Å². The second kappa shape index (κ2) is 5.54. The van der Waals surface area contributed by atoms with Crippen LogP contribution < -0.4 is 0 Å². The maximum Gasteiger partial charge on any atom is 0.311 e. The van der Waals surface area contributed by atoms with Gasteiger partial charge in [-0.3, -0.25) is 4.52 Å². The van der Waals surface area contributed by atoms with E-state index in [1.165, 1.54) is 7.11 Å². The van der Waals surface area contributed by atoms with Crippen molar-refractivity contribution in [3.05, 3.63) is 0 Å². The predicted octanol–water partition coefficient (Wildman–Crippen LogP) is 1.06. The second-order valence-corrected chi connectivity index (χ2v) is 4.30. The van der Waals surface area contributed by atoms with Gasteiger partial charge in [0.2, 0.25) is 0 Å². The molecular formula is C6H11O4PS. The molecule has 6 heteroatoms. The summed E-state index contributed by atoms with van der Waals surface area (Å²) in [5.41, 5.74) is -0.751. The van der Waals surface area contributed by atoms with Crippen molar-refractivity contribution in [1.82, 2.24) is 0 Å². The van der Waals surface area contributed by atoms with Crippen LogP contribution in [0.25, 0.3) is 0 Å². The van der Waals surface area contributed by atoms with E-state index in [2.05, 4.69) is 16.3 Å². The Balaban J connectivity index is 4.03. The monoisotopic (exact) mass is 210 g/mol. The van der Waals surface area contributed by atoms with E-state index < -0.39 is 12.2 Å². The van der Waals surface area contributed by atoms with E-state index in [1.54, 1.807) is 6.92 Å². The first kappa shape index (κ1) is 11.9. The summed E-state index contributed by atoms with van der Waals surface area (Å²) in [6.45, 7) is -0.150. The number of methoxy groups -OCH3 is 1. The summed E-state index contributed by atoms with van der Waals surface area (Å²) < 4.78 is 19.8. The average molecular weight is 210 g/mol. The fourth-order valence-electron chi connectivity index (χ4n) is 0.640. The topological polar surface area (TPSA) is 52.6 Å². The molecule has 0 rings (SSSR count). The Morgan fingerprint density at radius 3 is 2.50 bits per heavy atom. The summed E-state index contributed by atoms with van der Waals surface area (Å²) in [4.78, 5) is 10.5. The number of carbonyl (C=O) groups is 1. The van der Waals surface area contributed by atoms with Crippen molar-refractivity contribution in [2.24, 2.45) is 5.41 Å². The SMILES string of the molecule is COC[C@@](C)(C=O)COP(=O)=S. The van der Waals surface area contributed by atoms with Gasteiger partial charge in [0.25, 0.3) is 0 Å². The van der Waals surface area contributed by atoms with Gasteiger partial charge in [-0.2, -0.15) is 0 Å². The van der Waals surface area contributed by atoms with Gasteiger partial charge >= 0.3 is 6.80 Å². The molecule has 0 aliphatic carbocycles. The normalized spacial score (nSPS) is 16.7. The summed E-state index contributed by atoms with van der Waals surface area (Å²) in [5.74, 6) is 0. The lowest BCUT2D eigenvalue weighted by atomic mass is 9.96. The zero-order valence-corrected chi connectivity index (χ0v) is 8.69. The fourth-order valence-corrected chi connectivity index (χ4v) is 1.20. The first-order valence-corrected chi connectivity index (χ1v) is 5.46. The second-order valence-electron chi connectivity index (χ2n) is 2.70. The third-order valence-corrected chi connectivity index (χ3v) is 1.91. The van der Waals surface area contributed by atoms with Gasteiger partial charge in [0.05, 0.1) is 18.6 Å². The first-order chi connectivity index (χ1) is 5.54. The van der Waals surface area contributed by atoms with Gasteiger partial charge in [-0.15, -0.1) is 0 Å². The van der Waals surface area contributed by atoms with Gasteiger partial charge < -0.3 is 9.53 Å². The van der Waals surface area contributed by atoms with E-state index in [1.807, 2.05) is 0 Å². The molecule has 0 bridgehead atoms. The maximum absolute atomic E-state index is 10.5. The van der Waals surface area contributed by atoms with Gasteiger partial charge in [0.1, 0.15) is 6.29 Å². The van der Waals surface area contributed by atoms with Crippen molar-refractivity contribution in [1.29, 1.82) is 0 Å². The van der Waals surface area contributed by atoms with Crippen molar-refractivity contribution >= 4 is 24.9 Å². The number of carbonyl (C=O) groups excluding carboxylic acids is 1. The van der Waals surface area contributed by atoms with Crippen molar-refractivity contribution < 1.29 is 18.6 Å². The van der Waals surface area contributed by atoms with Gasteiger partial charge in [-0.1, -0.05) is 0 Å². The van der Waals surface area contributed by atoms with Crippen LogP contribution in [0.2, 0.25) is 0 Å². The number of hydrogen-bond donors (Lipinski definition) is 0. The minimum atomic E-state index is -2.06. The van der Waals surface area contributed by atoms with E-state index in [-0.39, 0.29) is 13.2 Å². The molecule has 0 aliphatic heterocycles. The smallest absolute Gasteiger partial charge is 0.311 e. The maximum atomic E-state index is 10.5. The molecule has 12 heavy (non-hydrogen) atoms. The Kier molecular flexibility index (Phi) is 5.50. The molecule has 0 fully saturated rings. The zero-order chi connectivity index (χ0) is 9.61. The molecule has 0 heterocycles.